The highest BCUT2D eigenvalue weighted by Crippen LogP contribution is 2.35. The van der Waals surface area contributed by atoms with Crippen molar-refractivity contribution in [2.45, 2.75) is 45.4 Å². The minimum Gasteiger partial charge on any atom is -0.490 e. The first-order valence-electron chi connectivity index (χ1n) is 13.0. The van der Waals surface area contributed by atoms with E-state index in [1.807, 2.05) is 19.1 Å². The van der Waals surface area contributed by atoms with Crippen LogP contribution in [0.2, 0.25) is 0 Å². The zero-order valence-corrected chi connectivity index (χ0v) is 22.4. The zero-order chi connectivity index (χ0) is 27.8. The molecule has 2 atom stereocenters. The Morgan fingerprint density at radius 1 is 1.23 bits per heavy atom. The highest BCUT2D eigenvalue weighted by molar-refractivity contribution is 5.95. The first kappa shape index (κ1) is 27.8. The monoisotopic (exact) mass is 541 g/mol. The molecular weight excluding hydrogens is 506 g/mol. The highest BCUT2D eigenvalue weighted by atomic mass is 16.5. The van der Waals surface area contributed by atoms with E-state index in [9.17, 15) is 14.7 Å². The molecule has 12 nitrogen and oxygen atoms in total. The Hall–Kier alpha value is -4.19. The molecule has 1 aromatic carbocycles. The molecule has 1 aromatic heterocycles. The number of allylic oxidation sites excluding steroid dienone is 1. The lowest BCUT2D eigenvalue weighted by Crippen LogP contribution is -2.45. The molecule has 1 saturated heterocycles. The third kappa shape index (κ3) is 7.02. The molecule has 210 valence electrons. The van der Waals surface area contributed by atoms with Crippen LogP contribution in [0.25, 0.3) is 0 Å². The third-order valence-electron chi connectivity index (χ3n) is 6.37. The number of piperidine rings is 1. The number of amides is 2. The molecule has 0 saturated carbocycles. The molecule has 2 aliphatic heterocycles. The second kappa shape index (κ2) is 13.1. The summed E-state index contributed by atoms with van der Waals surface area (Å²) in [5.41, 5.74) is 3.90. The number of methoxy groups -OCH3 is 1. The molecule has 0 spiro atoms. The number of anilines is 1. The summed E-state index contributed by atoms with van der Waals surface area (Å²) in [6, 6.07) is 7.62. The fourth-order valence-corrected chi connectivity index (χ4v) is 4.50. The Labute approximate surface area is 227 Å². The van der Waals surface area contributed by atoms with Gasteiger partial charge in [0.2, 0.25) is 0 Å². The third-order valence-corrected chi connectivity index (χ3v) is 6.37. The molecule has 2 aliphatic rings. The Morgan fingerprint density at radius 2 is 2.03 bits per heavy atom. The van der Waals surface area contributed by atoms with Crippen LogP contribution in [0.4, 0.5) is 10.7 Å². The van der Waals surface area contributed by atoms with Gasteiger partial charge in [-0.15, -0.1) is 0 Å². The number of hydrogen-bond acceptors (Lipinski definition) is 10. The van der Waals surface area contributed by atoms with Gasteiger partial charge in [-0.1, -0.05) is 6.07 Å². The van der Waals surface area contributed by atoms with Gasteiger partial charge in [0.15, 0.2) is 23.6 Å². The lowest BCUT2D eigenvalue weighted by molar-refractivity contribution is -0.136. The number of hydrazone groups is 1. The van der Waals surface area contributed by atoms with Gasteiger partial charge in [0.05, 0.1) is 31.5 Å². The minimum atomic E-state index is -1.10. The SMILES string of the molecule is CCOc1cc([C@@H]2NC(=O)NC(C)=C2C(=O)OC)ccc1OC[C@H](O)N/N=C\c1ccc(N2CCCCC2)o1. The molecule has 12 heteroatoms. The maximum Gasteiger partial charge on any atom is 0.337 e. The zero-order valence-electron chi connectivity index (χ0n) is 22.4. The summed E-state index contributed by atoms with van der Waals surface area (Å²) in [5, 5.41) is 19.7. The van der Waals surface area contributed by atoms with Crippen molar-refractivity contribution in [2.75, 3.05) is 38.3 Å². The molecule has 39 heavy (non-hydrogen) atoms. The van der Waals surface area contributed by atoms with Gasteiger partial charge in [0.25, 0.3) is 0 Å². The molecule has 4 N–H and O–H groups in total. The molecule has 0 unspecified atom stereocenters. The fourth-order valence-electron chi connectivity index (χ4n) is 4.50. The Balaban J connectivity index is 1.37. The molecule has 0 aliphatic carbocycles. The Morgan fingerprint density at radius 3 is 2.77 bits per heavy atom. The Bertz CT molecular complexity index is 1220. The quantitative estimate of drug-likeness (QED) is 0.146. The van der Waals surface area contributed by atoms with E-state index in [4.69, 9.17) is 18.6 Å². The predicted molar refractivity (Wildman–Crippen MR) is 144 cm³/mol. The van der Waals surface area contributed by atoms with Crippen LogP contribution in [0.1, 0.15) is 50.5 Å². The number of ether oxygens (including phenoxy) is 3. The van der Waals surface area contributed by atoms with Crippen molar-refractivity contribution in [2.24, 2.45) is 5.10 Å². The fraction of sp³-hybridized carbons (Fsp3) is 0.444. The van der Waals surface area contributed by atoms with Gasteiger partial charge in [-0.25, -0.2) is 9.59 Å². The van der Waals surface area contributed by atoms with E-state index < -0.39 is 24.3 Å². The van der Waals surface area contributed by atoms with Crippen LogP contribution in [-0.2, 0) is 9.53 Å². The van der Waals surface area contributed by atoms with E-state index in [0.717, 1.165) is 31.8 Å². The van der Waals surface area contributed by atoms with Crippen molar-refractivity contribution in [3.63, 3.8) is 0 Å². The van der Waals surface area contributed by atoms with Crippen LogP contribution in [0.5, 0.6) is 11.5 Å². The largest absolute Gasteiger partial charge is 0.490 e. The standard InChI is InChI=1S/C27H35N5O7/c1-4-37-21-14-18(25-24(26(34)36-3)17(2)29-27(35)30-25)8-10-20(21)38-16-22(33)31-28-15-19-9-11-23(39-19)32-12-6-5-7-13-32/h8-11,14-15,22,25,31,33H,4-7,12-13,16H2,1-3H3,(H2,29,30,35)/b28-15-/t22-,25-/m0/s1. The number of esters is 1. The second-order valence-corrected chi connectivity index (χ2v) is 9.14. The summed E-state index contributed by atoms with van der Waals surface area (Å²) in [6.07, 6.45) is 3.96. The van der Waals surface area contributed by atoms with Gasteiger partial charge < -0.3 is 39.3 Å². The van der Waals surface area contributed by atoms with E-state index in [2.05, 4.69) is 26.1 Å². The van der Waals surface area contributed by atoms with Gasteiger partial charge in [-0.05, 0) is 56.9 Å². The molecular formula is C27H35N5O7. The van der Waals surface area contributed by atoms with E-state index in [1.54, 1.807) is 25.1 Å². The summed E-state index contributed by atoms with van der Waals surface area (Å²) >= 11 is 0. The lowest BCUT2D eigenvalue weighted by Gasteiger charge is -2.28. The number of carbonyl (C=O) groups is 2. The number of aliphatic hydroxyl groups is 1. The highest BCUT2D eigenvalue weighted by Gasteiger charge is 2.32. The maximum atomic E-state index is 12.4. The predicted octanol–water partition coefficient (Wildman–Crippen LogP) is 2.79. The number of benzene rings is 1. The van der Waals surface area contributed by atoms with Gasteiger partial charge >= 0.3 is 12.0 Å². The average Bonchev–Trinajstić information content (AvgIpc) is 3.41. The first-order valence-corrected chi connectivity index (χ1v) is 13.0. The number of nitrogens with one attached hydrogen (secondary N) is 3. The van der Waals surface area contributed by atoms with Crippen molar-refractivity contribution >= 4 is 24.1 Å². The van der Waals surface area contributed by atoms with Gasteiger partial charge in [0.1, 0.15) is 12.4 Å². The van der Waals surface area contributed by atoms with E-state index in [-0.39, 0.29) is 12.2 Å². The summed E-state index contributed by atoms with van der Waals surface area (Å²) in [4.78, 5) is 26.7. The number of furan rings is 1. The van der Waals surface area contributed by atoms with Crippen LogP contribution < -0.4 is 30.4 Å². The number of rotatable bonds is 11. The summed E-state index contributed by atoms with van der Waals surface area (Å²) < 4.78 is 22.2. The molecule has 1 fully saturated rings. The number of nitrogens with zero attached hydrogens (tertiary/aromatic N) is 2. The van der Waals surface area contributed by atoms with Crippen molar-refractivity contribution in [1.82, 2.24) is 16.1 Å². The minimum absolute atomic E-state index is 0.121. The normalized spacial score (nSPS) is 18.4. The number of carbonyl (C=O) groups excluding carboxylic acids is 2. The summed E-state index contributed by atoms with van der Waals surface area (Å²) in [5.74, 6) is 1.60. The molecule has 0 radical (unpaired) electrons. The van der Waals surface area contributed by atoms with Crippen LogP contribution in [0.3, 0.4) is 0 Å². The lowest BCUT2D eigenvalue weighted by atomic mass is 9.95. The molecule has 4 rings (SSSR count). The maximum absolute atomic E-state index is 12.4. The Kier molecular flexibility index (Phi) is 9.31. The second-order valence-electron chi connectivity index (χ2n) is 9.14. The van der Waals surface area contributed by atoms with Crippen LogP contribution in [-0.4, -0.2) is 63.0 Å². The van der Waals surface area contributed by atoms with Gasteiger partial charge in [-0.2, -0.15) is 5.10 Å². The van der Waals surface area contributed by atoms with Gasteiger partial charge in [-0.3, -0.25) is 5.43 Å². The van der Waals surface area contributed by atoms with Crippen LogP contribution >= 0.6 is 0 Å². The van der Waals surface area contributed by atoms with Crippen molar-refractivity contribution in [3.05, 3.63) is 52.9 Å². The molecule has 0 bridgehead atoms. The van der Waals surface area contributed by atoms with Crippen molar-refractivity contribution < 1.29 is 33.3 Å². The van der Waals surface area contributed by atoms with Crippen molar-refractivity contribution in [3.8, 4) is 11.5 Å². The van der Waals surface area contributed by atoms with Gasteiger partial charge in [0, 0.05) is 24.9 Å². The first-order chi connectivity index (χ1) is 18.9. The van der Waals surface area contributed by atoms with E-state index in [0.29, 0.717) is 35.1 Å². The van der Waals surface area contributed by atoms with E-state index in [1.165, 1.54) is 19.7 Å². The van der Waals surface area contributed by atoms with Crippen LogP contribution in [0.15, 0.2) is 51.1 Å². The number of hydrogen-bond donors (Lipinski definition) is 4. The molecule has 2 aromatic rings. The summed E-state index contributed by atoms with van der Waals surface area (Å²) in [7, 11) is 1.28. The topological polar surface area (TPSA) is 147 Å². The van der Waals surface area contributed by atoms with E-state index >= 15 is 0 Å². The average molecular weight is 542 g/mol. The van der Waals surface area contributed by atoms with Crippen molar-refractivity contribution in [1.29, 1.82) is 0 Å². The molecule has 2 amide bonds. The van der Waals surface area contributed by atoms with Crippen LogP contribution in [0, 0.1) is 0 Å². The molecule has 3 heterocycles. The smallest absolute Gasteiger partial charge is 0.337 e. The summed E-state index contributed by atoms with van der Waals surface area (Å²) in [6.45, 7) is 5.66. The number of aliphatic hydroxyl groups excluding tert-OH is 1. The number of urea groups is 1.